The molecule has 0 saturated carbocycles. The Labute approximate surface area is 166 Å². The third-order valence-electron chi connectivity index (χ3n) is 4.27. The first-order valence-corrected chi connectivity index (χ1v) is 8.93. The first kappa shape index (κ1) is 18.4. The van der Waals surface area contributed by atoms with E-state index in [1.54, 1.807) is 42.5 Å². The number of furan rings is 1. The lowest BCUT2D eigenvalue weighted by atomic mass is 10.1. The molecule has 7 nitrogen and oxygen atoms in total. The number of carbonyl (C=O) groups is 2. The van der Waals surface area contributed by atoms with E-state index >= 15 is 0 Å². The maximum absolute atomic E-state index is 12.9. The van der Waals surface area contributed by atoms with Crippen LogP contribution in [0.2, 0.25) is 0 Å². The van der Waals surface area contributed by atoms with Gasteiger partial charge in [-0.05, 0) is 43.3 Å². The van der Waals surface area contributed by atoms with Gasteiger partial charge in [0.15, 0.2) is 11.5 Å². The van der Waals surface area contributed by atoms with Crippen molar-refractivity contribution in [3.8, 4) is 11.5 Å². The van der Waals surface area contributed by atoms with Gasteiger partial charge in [-0.1, -0.05) is 17.7 Å². The highest BCUT2D eigenvalue weighted by Gasteiger charge is 2.18. The monoisotopic (exact) mass is 390 g/mol. The number of hydrogen-bond donors (Lipinski definition) is 2. The predicted octanol–water partition coefficient (Wildman–Crippen LogP) is 3.73. The summed E-state index contributed by atoms with van der Waals surface area (Å²) in [4.78, 5) is 25.5. The summed E-state index contributed by atoms with van der Waals surface area (Å²) in [6.07, 6.45) is 2.95. The average molecular weight is 390 g/mol. The van der Waals surface area contributed by atoms with Crippen LogP contribution in [0.3, 0.4) is 0 Å². The molecule has 0 bridgehead atoms. The molecule has 1 aliphatic rings. The molecule has 0 radical (unpaired) electrons. The Morgan fingerprint density at radius 2 is 1.79 bits per heavy atom. The lowest BCUT2D eigenvalue weighted by molar-refractivity contribution is -0.113. The van der Waals surface area contributed by atoms with Gasteiger partial charge in [0.1, 0.15) is 11.5 Å². The van der Waals surface area contributed by atoms with Crippen LogP contribution >= 0.6 is 0 Å². The van der Waals surface area contributed by atoms with Gasteiger partial charge in [0.05, 0.1) is 6.26 Å². The quantitative estimate of drug-likeness (QED) is 0.648. The fourth-order valence-electron chi connectivity index (χ4n) is 2.75. The maximum atomic E-state index is 12.9. The van der Waals surface area contributed by atoms with E-state index in [9.17, 15) is 9.59 Å². The number of anilines is 1. The van der Waals surface area contributed by atoms with Gasteiger partial charge < -0.3 is 24.5 Å². The summed E-state index contributed by atoms with van der Waals surface area (Å²) in [6.45, 7) is 2.08. The molecule has 1 aromatic heterocycles. The summed E-state index contributed by atoms with van der Waals surface area (Å²) in [5.41, 5.74) is 2.03. The minimum absolute atomic E-state index is 0.0446. The van der Waals surface area contributed by atoms with Crippen LogP contribution in [0, 0.1) is 6.92 Å². The molecule has 7 heteroatoms. The summed E-state index contributed by atoms with van der Waals surface area (Å²) in [7, 11) is 0. The molecule has 2 N–H and O–H groups in total. The second-order valence-corrected chi connectivity index (χ2v) is 6.42. The molecule has 4 rings (SSSR count). The highest BCUT2D eigenvalue weighted by Crippen LogP contribution is 2.34. The van der Waals surface area contributed by atoms with Crippen LogP contribution in [0.15, 0.2) is 71.0 Å². The molecule has 1 aliphatic heterocycles. The predicted molar refractivity (Wildman–Crippen MR) is 107 cm³/mol. The van der Waals surface area contributed by atoms with Crippen molar-refractivity contribution in [2.24, 2.45) is 0 Å². The zero-order valence-electron chi connectivity index (χ0n) is 15.6. The Balaban J connectivity index is 1.56. The molecule has 0 saturated heterocycles. The van der Waals surface area contributed by atoms with Crippen LogP contribution in [0.4, 0.5) is 5.69 Å². The number of aryl methyl sites for hydroxylation is 1. The van der Waals surface area contributed by atoms with Gasteiger partial charge in [0.25, 0.3) is 11.8 Å². The number of carbonyl (C=O) groups excluding carboxylic acids is 2. The van der Waals surface area contributed by atoms with E-state index in [0.717, 1.165) is 5.56 Å². The molecule has 2 aromatic carbocycles. The second kappa shape index (κ2) is 7.93. The van der Waals surface area contributed by atoms with Crippen LogP contribution in [0.5, 0.6) is 11.5 Å². The zero-order chi connectivity index (χ0) is 20.2. The van der Waals surface area contributed by atoms with Gasteiger partial charge >= 0.3 is 0 Å². The first-order valence-electron chi connectivity index (χ1n) is 8.93. The van der Waals surface area contributed by atoms with Crippen LogP contribution in [-0.2, 0) is 4.79 Å². The average Bonchev–Trinajstić information content (AvgIpc) is 3.39. The highest BCUT2D eigenvalue weighted by atomic mass is 16.7. The first-order chi connectivity index (χ1) is 14.1. The lowest BCUT2D eigenvalue weighted by Gasteiger charge is -2.11. The maximum Gasteiger partial charge on any atom is 0.272 e. The van der Waals surface area contributed by atoms with Gasteiger partial charge in [0.2, 0.25) is 6.79 Å². The molecule has 3 aromatic rings. The van der Waals surface area contributed by atoms with Gasteiger partial charge in [-0.15, -0.1) is 0 Å². The van der Waals surface area contributed by atoms with E-state index in [4.69, 9.17) is 13.9 Å². The van der Waals surface area contributed by atoms with Crippen LogP contribution in [0.1, 0.15) is 21.7 Å². The number of nitrogens with one attached hydrogen (secondary N) is 2. The zero-order valence-corrected chi connectivity index (χ0v) is 15.6. The molecule has 29 heavy (non-hydrogen) atoms. The minimum atomic E-state index is -0.499. The fourth-order valence-corrected chi connectivity index (χ4v) is 2.75. The topological polar surface area (TPSA) is 89.8 Å². The molecule has 0 spiro atoms. The van der Waals surface area contributed by atoms with Crippen molar-refractivity contribution in [1.29, 1.82) is 0 Å². The summed E-state index contributed by atoms with van der Waals surface area (Å²) < 4.78 is 15.9. The molecule has 0 fully saturated rings. The highest BCUT2D eigenvalue weighted by molar-refractivity contribution is 6.10. The number of rotatable bonds is 5. The van der Waals surface area contributed by atoms with Crippen molar-refractivity contribution in [3.05, 3.63) is 83.4 Å². The fraction of sp³-hybridized carbons (Fsp3) is 0.0909. The normalized spacial score (nSPS) is 12.5. The van der Waals surface area contributed by atoms with E-state index in [-0.39, 0.29) is 12.5 Å². The van der Waals surface area contributed by atoms with Gasteiger partial charge in [0, 0.05) is 23.4 Å². The van der Waals surface area contributed by atoms with E-state index in [1.807, 2.05) is 19.1 Å². The van der Waals surface area contributed by atoms with Gasteiger partial charge in [-0.3, -0.25) is 9.59 Å². The summed E-state index contributed by atoms with van der Waals surface area (Å²) in [5, 5.41) is 5.41. The lowest BCUT2D eigenvalue weighted by Crippen LogP contribution is -2.30. The van der Waals surface area contributed by atoms with E-state index in [1.165, 1.54) is 12.3 Å². The molecule has 146 valence electrons. The number of fused-ring (bicyclic) bond motifs is 1. The van der Waals surface area contributed by atoms with Crippen molar-refractivity contribution in [2.75, 3.05) is 12.1 Å². The summed E-state index contributed by atoms with van der Waals surface area (Å²) in [6, 6.07) is 15.5. The Bertz CT molecular complexity index is 1070. The van der Waals surface area contributed by atoms with Crippen LogP contribution < -0.4 is 20.1 Å². The number of hydrogen-bond acceptors (Lipinski definition) is 5. The summed E-state index contributed by atoms with van der Waals surface area (Å²) in [5.74, 6) is 0.694. The molecular formula is C22H18N2O5. The SMILES string of the molecule is Cc1ccc(C(=O)N/C(=C\c2ccco2)C(=O)Nc2ccc3c(c2)OCO3)cc1. The Kier molecular flexibility index (Phi) is 5.03. The Morgan fingerprint density at radius 3 is 2.55 bits per heavy atom. The van der Waals surface area contributed by atoms with Crippen molar-refractivity contribution < 1.29 is 23.5 Å². The van der Waals surface area contributed by atoms with Crippen molar-refractivity contribution in [1.82, 2.24) is 5.32 Å². The van der Waals surface area contributed by atoms with Crippen molar-refractivity contribution >= 4 is 23.6 Å². The standard InChI is InChI=1S/C22H18N2O5/c1-14-4-6-15(7-5-14)21(25)24-18(12-17-3-2-10-27-17)22(26)23-16-8-9-19-20(11-16)29-13-28-19/h2-12H,13H2,1H3,(H,23,26)(H,24,25)/b18-12-. The van der Waals surface area contributed by atoms with E-state index in [2.05, 4.69) is 10.6 Å². The third-order valence-corrected chi connectivity index (χ3v) is 4.27. The largest absolute Gasteiger partial charge is 0.465 e. The van der Waals surface area contributed by atoms with E-state index in [0.29, 0.717) is 28.5 Å². The molecule has 0 atom stereocenters. The van der Waals surface area contributed by atoms with Gasteiger partial charge in [-0.2, -0.15) is 0 Å². The smallest absolute Gasteiger partial charge is 0.272 e. The number of ether oxygens (including phenoxy) is 2. The number of benzene rings is 2. The third kappa shape index (κ3) is 4.30. The summed E-state index contributed by atoms with van der Waals surface area (Å²) >= 11 is 0. The molecular weight excluding hydrogens is 372 g/mol. The molecule has 0 aliphatic carbocycles. The minimum Gasteiger partial charge on any atom is -0.465 e. The van der Waals surface area contributed by atoms with Crippen molar-refractivity contribution in [3.63, 3.8) is 0 Å². The molecule has 0 unspecified atom stereocenters. The Hall–Kier alpha value is -4.00. The molecule has 2 heterocycles. The van der Waals surface area contributed by atoms with Gasteiger partial charge in [-0.25, -0.2) is 0 Å². The van der Waals surface area contributed by atoms with Crippen LogP contribution in [0.25, 0.3) is 6.08 Å². The van der Waals surface area contributed by atoms with Crippen LogP contribution in [-0.4, -0.2) is 18.6 Å². The Morgan fingerprint density at radius 1 is 1.00 bits per heavy atom. The number of amides is 2. The molecule has 2 amide bonds. The second-order valence-electron chi connectivity index (χ2n) is 6.42. The van der Waals surface area contributed by atoms with E-state index < -0.39 is 11.8 Å². The van der Waals surface area contributed by atoms with Crippen molar-refractivity contribution in [2.45, 2.75) is 6.92 Å².